The molecule has 0 heterocycles. The molecule has 0 aliphatic heterocycles. The summed E-state index contributed by atoms with van der Waals surface area (Å²) >= 11 is 0. The van der Waals surface area contributed by atoms with Crippen molar-refractivity contribution < 1.29 is 0 Å². The summed E-state index contributed by atoms with van der Waals surface area (Å²) in [6.07, 6.45) is 4.89. The first kappa shape index (κ1) is 18.4. The van der Waals surface area contributed by atoms with E-state index in [0.717, 1.165) is 0 Å². The Morgan fingerprint density at radius 1 is 0.394 bits per heavy atom. The van der Waals surface area contributed by atoms with E-state index in [-0.39, 0.29) is 5.41 Å². The summed E-state index contributed by atoms with van der Waals surface area (Å²) in [6, 6.07) is 44.2. The zero-order valence-electron chi connectivity index (χ0n) is 18.2. The van der Waals surface area contributed by atoms with Gasteiger partial charge in [-0.3, -0.25) is 0 Å². The molecule has 0 spiro atoms. The maximum atomic E-state index is 2.52. The van der Waals surface area contributed by atoms with Gasteiger partial charge in [0.05, 0.1) is 5.41 Å². The molecule has 0 saturated carbocycles. The summed E-state index contributed by atoms with van der Waals surface area (Å²) in [5, 5.41) is 2.66. The lowest BCUT2D eigenvalue weighted by molar-refractivity contribution is 0.818. The number of benzene rings is 5. The van der Waals surface area contributed by atoms with E-state index >= 15 is 0 Å². The highest BCUT2D eigenvalue weighted by Crippen LogP contribution is 2.46. The molecular formula is C33H22. The third-order valence-corrected chi connectivity index (χ3v) is 7.30. The smallest absolute Gasteiger partial charge is 0.0622 e. The van der Waals surface area contributed by atoms with E-state index in [1.807, 2.05) is 0 Å². The van der Waals surface area contributed by atoms with Crippen molar-refractivity contribution in [2.45, 2.75) is 5.41 Å². The second kappa shape index (κ2) is 6.92. The van der Waals surface area contributed by atoms with Crippen LogP contribution in [0.3, 0.4) is 0 Å². The summed E-state index contributed by atoms with van der Waals surface area (Å²) in [5.74, 6) is 0. The van der Waals surface area contributed by atoms with E-state index in [9.17, 15) is 0 Å². The van der Waals surface area contributed by atoms with Crippen molar-refractivity contribution in [2.24, 2.45) is 0 Å². The number of hydrogen-bond acceptors (Lipinski definition) is 0. The Balaban J connectivity index is 1.69. The number of rotatable bonds is 2. The van der Waals surface area contributed by atoms with Gasteiger partial charge in [0.15, 0.2) is 0 Å². The number of fused-ring (bicyclic) bond motifs is 7. The van der Waals surface area contributed by atoms with Gasteiger partial charge in [-0.2, -0.15) is 0 Å². The lowest BCUT2D eigenvalue weighted by atomic mass is 9.64. The normalized spacial score (nSPS) is 14.2. The van der Waals surface area contributed by atoms with E-state index in [2.05, 4.69) is 133 Å². The van der Waals surface area contributed by atoms with Crippen LogP contribution in [0.2, 0.25) is 0 Å². The minimum atomic E-state index is -0.357. The van der Waals surface area contributed by atoms with Crippen molar-refractivity contribution in [1.29, 1.82) is 0 Å². The van der Waals surface area contributed by atoms with Gasteiger partial charge in [0, 0.05) is 0 Å². The molecule has 0 radical (unpaired) electrons. The second-order valence-electron chi connectivity index (χ2n) is 8.95. The lowest BCUT2D eigenvalue weighted by Crippen LogP contribution is -2.39. The first-order valence-electron chi connectivity index (χ1n) is 11.5. The molecule has 0 N–H and O–H groups in total. The molecule has 2 aliphatic rings. The molecule has 0 fully saturated rings. The van der Waals surface area contributed by atoms with Crippen molar-refractivity contribution in [3.63, 3.8) is 0 Å². The largest absolute Gasteiger partial charge is 0.0647 e. The summed E-state index contributed by atoms with van der Waals surface area (Å²) < 4.78 is 0. The minimum Gasteiger partial charge on any atom is -0.0622 e. The molecule has 5 aromatic carbocycles. The van der Waals surface area contributed by atoms with Crippen molar-refractivity contribution in [1.82, 2.24) is 0 Å². The summed E-state index contributed by atoms with van der Waals surface area (Å²) in [5.41, 5.74) is 10.2. The predicted octanol–water partition coefficient (Wildman–Crippen LogP) is 6.29. The highest BCUT2D eigenvalue weighted by molar-refractivity contribution is 5.89. The Morgan fingerprint density at radius 3 is 1.64 bits per heavy atom. The van der Waals surface area contributed by atoms with Crippen LogP contribution >= 0.6 is 0 Å². The van der Waals surface area contributed by atoms with Crippen LogP contribution in [-0.2, 0) is 5.41 Å². The Bertz CT molecular complexity index is 1600. The SMILES string of the molecule is C1=c2c(ccc3c2=CC(c2ccccc2)(c2ccccc2)c2ccccc2-3)-c2ccccc21. The van der Waals surface area contributed by atoms with Crippen LogP contribution < -0.4 is 10.4 Å². The molecular weight excluding hydrogens is 396 g/mol. The van der Waals surface area contributed by atoms with Crippen molar-refractivity contribution in [3.05, 3.63) is 154 Å². The standard InChI is InChI=1S/C33H22/c1-3-12-24(13-4-1)33(25-14-5-2-6-15-25)22-31-28(29-17-9-10-18-32(29)33)20-19-27-26-16-8-7-11-23(26)21-30(27)31/h1-22H. The van der Waals surface area contributed by atoms with Crippen molar-refractivity contribution in [3.8, 4) is 22.3 Å². The minimum absolute atomic E-state index is 0.357. The van der Waals surface area contributed by atoms with Crippen LogP contribution in [0.15, 0.2) is 121 Å². The lowest BCUT2D eigenvalue weighted by Gasteiger charge is -2.37. The molecule has 0 bridgehead atoms. The molecule has 0 heteroatoms. The summed E-state index contributed by atoms with van der Waals surface area (Å²) in [6.45, 7) is 0. The van der Waals surface area contributed by atoms with Gasteiger partial charge in [0.2, 0.25) is 0 Å². The first-order valence-corrected chi connectivity index (χ1v) is 11.5. The van der Waals surface area contributed by atoms with Gasteiger partial charge in [-0.1, -0.05) is 127 Å². The molecule has 0 unspecified atom stereocenters. The van der Waals surface area contributed by atoms with Gasteiger partial charge in [-0.25, -0.2) is 0 Å². The van der Waals surface area contributed by atoms with Gasteiger partial charge >= 0.3 is 0 Å². The molecule has 33 heavy (non-hydrogen) atoms. The average Bonchev–Trinajstić information content (AvgIpc) is 3.28. The van der Waals surface area contributed by atoms with E-state index in [1.165, 1.54) is 54.9 Å². The number of hydrogen-bond donors (Lipinski definition) is 0. The molecule has 0 nitrogen and oxygen atoms in total. The zero-order chi connectivity index (χ0) is 21.8. The van der Waals surface area contributed by atoms with E-state index in [0.29, 0.717) is 0 Å². The highest BCUT2D eigenvalue weighted by atomic mass is 14.4. The Morgan fingerprint density at radius 2 is 0.939 bits per heavy atom. The van der Waals surface area contributed by atoms with Crippen molar-refractivity contribution in [2.75, 3.05) is 0 Å². The second-order valence-corrected chi connectivity index (χ2v) is 8.95. The molecule has 0 saturated heterocycles. The van der Waals surface area contributed by atoms with Crippen LogP contribution in [0.1, 0.15) is 22.3 Å². The molecule has 2 aliphatic carbocycles. The zero-order valence-corrected chi connectivity index (χ0v) is 18.2. The predicted molar refractivity (Wildman–Crippen MR) is 137 cm³/mol. The van der Waals surface area contributed by atoms with E-state index in [4.69, 9.17) is 0 Å². The maximum absolute atomic E-state index is 2.52. The monoisotopic (exact) mass is 418 g/mol. The van der Waals surface area contributed by atoms with E-state index < -0.39 is 0 Å². The van der Waals surface area contributed by atoms with Gasteiger partial charge in [-0.05, 0) is 61.0 Å². The molecule has 154 valence electrons. The Kier molecular flexibility index (Phi) is 3.86. The fourth-order valence-electron chi connectivity index (χ4n) is 5.84. The maximum Gasteiger partial charge on any atom is 0.0647 e. The molecule has 0 amide bonds. The fraction of sp³-hybridized carbons (Fsp3) is 0.0303. The van der Waals surface area contributed by atoms with Crippen LogP contribution in [0.4, 0.5) is 0 Å². The van der Waals surface area contributed by atoms with Crippen LogP contribution in [-0.4, -0.2) is 0 Å². The van der Waals surface area contributed by atoms with Gasteiger partial charge in [-0.15, -0.1) is 0 Å². The third kappa shape index (κ3) is 2.52. The third-order valence-electron chi connectivity index (χ3n) is 7.30. The van der Waals surface area contributed by atoms with Crippen LogP contribution in [0.25, 0.3) is 34.4 Å². The quantitative estimate of drug-likeness (QED) is 0.310. The van der Waals surface area contributed by atoms with Crippen molar-refractivity contribution >= 4 is 12.2 Å². The van der Waals surface area contributed by atoms with Gasteiger partial charge in [0.25, 0.3) is 0 Å². The molecule has 5 aromatic rings. The topological polar surface area (TPSA) is 0 Å². The van der Waals surface area contributed by atoms with Crippen LogP contribution in [0, 0.1) is 0 Å². The van der Waals surface area contributed by atoms with Gasteiger partial charge in [0.1, 0.15) is 0 Å². The highest BCUT2D eigenvalue weighted by Gasteiger charge is 2.38. The first-order chi connectivity index (χ1) is 16.4. The Labute approximate surface area is 193 Å². The van der Waals surface area contributed by atoms with E-state index in [1.54, 1.807) is 0 Å². The fourth-order valence-corrected chi connectivity index (χ4v) is 5.84. The molecule has 0 aromatic heterocycles. The molecule has 7 rings (SSSR count). The summed E-state index contributed by atoms with van der Waals surface area (Å²) in [7, 11) is 0. The van der Waals surface area contributed by atoms with Gasteiger partial charge < -0.3 is 0 Å². The average molecular weight is 419 g/mol. The molecule has 0 atom stereocenters. The Hall–Kier alpha value is -4.16. The van der Waals surface area contributed by atoms with Crippen LogP contribution in [0.5, 0.6) is 0 Å². The summed E-state index contributed by atoms with van der Waals surface area (Å²) in [4.78, 5) is 0.